The van der Waals surface area contributed by atoms with Gasteiger partial charge < -0.3 is 19.9 Å². The van der Waals surface area contributed by atoms with Gasteiger partial charge in [-0.2, -0.15) is 0 Å². The highest BCUT2D eigenvalue weighted by molar-refractivity contribution is 6.32. The first-order valence-electron chi connectivity index (χ1n) is 7.91. The summed E-state index contributed by atoms with van der Waals surface area (Å²) in [4.78, 5) is 21.7. The first kappa shape index (κ1) is 20.5. The van der Waals surface area contributed by atoms with E-state index in [2.05, 4.69) is 4.74 Å². The summed E-state index contributed by atoms with van der Waals surface area (Å²) in [6.45, 7) is 0.113. The fraction of sp³-hybridized carbons (Fsp3) is 0.278. The number of nitro groups is 1. The highest BCUT2D eigenvalue weighted by Gasteiger charge is 2.16. The molecule has 2 aromatic rings. The summed E-state index contributed by atoms with van der Waals surface area (Å²) in [5.41, 5.74) is 7.19. The van der Waals surface area contributed by atoms with Gasteiger partial charge in [-0.1, -0.05) is 17.7 Å². The Hall–Kier alpha value is -2.84. The van der Waals surface area contributed by atoms with E-state index >= 15 is 0 Å². The Morgan fingerprint density at radius 3 is 2.52 bits per heavy atom. The molecule has 0 amide bonds. The number of ether oxygens (including phenoxy) is 3. The zero-order valence-electron chi connectivity index (χ0n) is 14.8. The van der Waals surface area contributed by atoms with Crippen LogP contribution in [0.3, 0.4) is 0 Å². The number of esters is 1. The molecule has 2 N–H and O–H groups in total. The molecule has 0 aromatic heterocycles. The molecular formula is C18H19ClN2O6. The standard InChI is InChI=1S/C18H19ClN2O6/c1-25-16-5-3-11(8-15(20)18(22)26-2)7-12(16)10-27-17-6-4-13(21(23)24)9-14(17)19/h3-7,9,15H,8,10,20H2,1-2H3. The van der Waals surface area contributed by atoms with Crippen molar-refractivity contribution >= 4 is 23.3 Å². The van der Waals surface area contributed by atoms with Crippen LogP contribution in [0.2, 0.25) is 5.02 Å². The Balaban J connectivity index is 2.16. The number of nitrogens with two attached hydrogens (primary N) is 1. The molecule has 0 heterocycles. The fourth-order valence-electron chi connectivity index (χ4n) is 2.44. The van der Waals surface area contributed by atoms with Crippen LogP contribution in [0.5, 0.6) is 11.5 Å². The van der Waals surface area contributed by atoms with Gasteiger partial charge in [0.15, 0.2) is 0 Å². The minimum absolute atomic E-state index is 0.113. The summed E-state index contributed by atoms with van der Waals surface area (Å²) < 4.78 is 15.6. The monoisotopic (exact) mass is 394 g/mol. The SMILES string of the molecule is COC(=O)C(N)Cc1ccc(OC)c(COc2ccc([N+](=O)[O-])cc2Cl)c1. The van der Waals surface area contributed by atoms with Crippen LogP contribution in [-0.4, -0.2) is 31.2 Å². The minimum atomic E-state index is -0.777. The first-order chi connectivity index (χ1) is 12.8. The maximum atomic E-state index is 11.5. The Bertz CT molecular complexity index is 843. The Morgan fingerprint density at radius 1 is 1.22 bits per heavy atom. The van der Waals surface area contributed by atoms with Gasteiger partial charge in [0.25, 0.3) is 5.69 Å². The van der Waals surface area contributed by atoms with Gasteiger partial charge in [-0.25, -0.2) is 0 Å². The number of non-ortho nitro benzene ring substituents is 1. The van der Waals surface area contributed by atoms with Crippen molar-refractivity contribution in [1.82, 2.24) is 0 Å². The molecule has 2 aromatic carbocycles. The smallest absolute Gasteiger partial charge is 0.322 e. The molecule has 8 nitrogen and oxygen atoms in total. The molecule has 1 unspecified atom stereocenters. The van der Waals surface area contributed by atoms with Gasteiger partial charge in [0.05, 0.1) is 24.2 Å². The Morgan fingerprint density at radius 2 is 1.93 bits per heavy atom. The van der Waals surface area contributed by atoms with E-state index in [9.17, 15) is 14.9 Å². The molecule has 0 saturated carbocycles. The summed E-state index contributed by atoms with van der Waals surface area (Å²) in [5.74, 6) is 0.394. The lowest BCUT2D eigenvalue weighted by Gasteiger charge is -2.14. The molecule has 0 bridgehead atoms. The molecule has 2 rings (SSSR count). The average molecular weight is 395 g/mol. The third-order valence-corrected chi connectivity index (χ3v) is 4.11. The van der Waals surface area contributed by atoms with Gasteiger partial charge in [-0.3, -0.25) is 14.9 Å². The second kappa shape index (κ2) is 9.20. The van der Waals surface area contributed by atoms with Crippen LogP contribution in [0.4, 0.5) is 5.69 Å². The van der Waals surface area contributed by atoms with Crippen LogP contribution in [-0.2, 0) is 22.6 Å². The molecule has 0 fully saturated rings. The molecule has 144 valence electrons. The van der Waals surface area contributed by atoms with E-state index in [1.807, 2.05) is 0 Å². The fourth-order valence-corrected chi connectivity index (χ4v) is 2.67. The van der Waals surface area contributed by atoms with E-state index in [4.69, 9.17) is 26.8 Å². The maximum absolute atomic E-state index is 11.5. The highest BCUT2D eigenvalue weighted by Crippen LogP contribution is 2.30. The van der Waals surface area contributed by atoms with E-state index in [-0.39, 0.29) is 17.3 Å². The number of halogens is 1. The van der Waals surface area contributed by atoms with Crippen LogP contribution in [0.1, 0.15) is 11.1 Å². The zero-order valence-corrected chi connectivity index (χ0v) is 15.6. The molecule has 1 atom stereocenters. The third-order valence-electron chi connectivity index (χ3n) is 3.81. The maximum Gasteiger partial charge on any atom is 0.322 e. The number of methoxy groups -OCH3 is 2. The minimum Gasteiger partial charge on any atom is -0.496 e. The van der Waals surface area contributed by atoms with Gasteiger partial charge in [0, 0.05) is 17.7 Å². The van der Waals surface area contributed by atoms with E-state index < -0.39 is 16.9 Å². The number of benzene rings is 2. The zero-order chi connectivity index (χ0) is 20.0. The lowest BCUT2D eigenvalue weighted by atomic mass is 10.0. The largest absolute Gasteiger partial charge is 0.496 e. The number of carbonyl (C=O) groups is 1. The van der Waals surface area contributed by atoms with Crippen LogP contribution in [0, 0.1) is 10.1 Å². The van der Waals surface area contributed by atoms with Crippen molar-refractivity contribution in [2.24, 2.45) is 5.73 Å². The van der Waals surface area contributed by atoms with Crippen LogP contribution >= 0.6 is 11.6 Å². The van der Waals surface area contributed by atoms with E-state index in [0.29, 0.717) is 23.5 Å². The quantitative estimate of drug-likeness (QED) is 0.416. The van der Waals surface area contributed by atoms with E-state index in [1.54, 1.807) is 18.2 Å². The molecule has 0 radical (unpaired) electrons. The molecule has 0 aliphatic heterocycles. The lowest BCUT2D eigenvalue weighted by molar-refractivity contribution is -0.384. The van der Waals surface area contributed by atoms with Crippen molar-refractivity contribution in [2.45, 2.75) is 19.1 Å². The summed E-state index contributed by atoms with van der Waals surface area (Å²) in [7, 11) is 2.81. The summed E-state index contributed by atoms with van der Waals surface area (Å²) >= 11 is 6.04. The van der Waals surface area contributed by atoms with Crippen molar-refractivity contribution in [3.05, 3.63) is 62.7 Å². The van der Waals surface area contributed by atoms with Crippen molar-refractivity contribution in [3.63, 3.8) is 0 Å². The van der Waals surface area contributed by atoms with E-state index in [1.165, 1.54) is 32.4 Å². The summed E-state index contributed by atoms with van der Waals surface area (Å²) in [6, 6.07) is 8.54. The Labute approximate surface area is 160 Å². The summed E-state index contributed by atoms with van der Waals surface area (Å²) in [5, 5.41) is 10.9. The van der Waals surface area contributed by atoms with Gasteiger partial charge >= 0.3 is 5.97 Å². The van der Waals surface area contributed by atoms with Crippen LogP contribution < -0.4 is 15.2 Å². The molecule has 0 spiro atoms. The molecule has 0 aliphatic carbocycles. The van der Waals surface area contributed by atoms with Gasteiger partial charge in [0.2, 0.25) is 0 Å². The van der Waals surface area contributed by atoms with Gasteiger partial charge in [-0.15, -0.1) is 0 Å². The third kappa shape index (κ3) is 5.32. The second-order valence-electron chi connectivity index (χ2n) is 5.64. The number of nitrogens with zero attached hydrogens (tertiary/aromatic N) is 1. The predicted molar refractivity (Wildman–Crippen MR) is 99.1 cm³/mol. The number of nitro benzene ring substituents is 1. The molecule has 27 heavy (non-hydrogen) atoms. The van der Waals surface area contributed by atoms with Crippen LogP contribution in [0.15, 0.2) is 36.4 Å². The van der Waals surface area contributed by atoms with Crippen molar-refractivity contribution in [3.8, 4) is 11.5 Å². The van der Waals surface area contributed by atoms with E-state index in [0.717, 1.165) is 5.56 Å². The van der Waals surface area contributed by atoms with Gasteiger partial charge in [-0.05, 0) is 30.2 Å². The number of rotatable bonds is 8. The highest BCUT2D eigenvalue weighted by atomic mass is 35.5. The Kier molecular flexibility index (Phi) is 6.98. The summed E-state index contributed by atoms with van der Waals surface area (Å²) in [6.07, 6.45) is 0.294. The first-order valence-corrected chi connectivity index (χ1v) is 8.29. The van der Waals surface area contributed by atoms with Crippen molar-refractivity contribution in [1.29, 1.82) is 0 Å². The molecular weight excluding hydrogens is 376 g/mol. The molecule has 0 saturated heterocycles. The van der Waals surface area contributed by atoms with Crippen LogP contribution in [0.25, 0.3) is 0 Å². The van der Waals surface area contributed by atoms with Crippen molar-refractivity contribution < 1.29 is 23.9 Å². The second-order valence-corrected chi connectivity index (χ2v) is 6.05. The number of hydrogen-bond donors (Lipinski definition) is 1. The predicted octanol–water partition coefficient (Wildman–Crippen LogP) is 2.88. The molecule has 0 aliphatic rings. The lowest BCUT2D eigenvalue weighted by Crippen LogP contribution is -2.33. The number of carbonyl (C=O) groups excluding carboxylic acids is 1. The van der Waals surface area contributed by atoms with Gasteiger partial charge in [0.1, 0.15) is 24.1 Å². The van der Waals surface area contributed by atoms with Crippen molar-refractivity contribution in [2.75, 3.05) is 14.2 Å². The average Bonchev–Trinajstić information content (AvgIpc) is 2.66. The number of hydrogen-bond acceptors (Lipinski definition) is 7. The molecule has 9 heteroatoms. The normalized spacial score (nSPS) is 11.6. The topological polar surface area (TPSA) is 114 Å².